The summed E-state index contributed by atoms with van der Waals surface area (Å²) in [7, 11) is 1.59. The second kappa shape index (κ2) is 9.63. The van der Waals surface area contributed by atoms with Crippen LogP contribution in [-0.4, -0.2) is 66.6 Å². The molecule has 31 heavy (non-hydrogen) atoms. The molecule has 0 spiro atoms. The summed E-state index contributed by atoms with van der Waals surface area (Å²) in [5.41, 5.74) is 2.44. The number of hydrogen-bond acceptors (Lipinski definition) is 6. The van der Waals surface area contributed by atoms with E-state index in [1.54, 1.807) is 42.6 Å². The van der Waals surface area contributed by atoms with Gasteiger partial charge in [-0.15, -0.1) is 0 Å². The number of methoxy groups -OCH3 is 1. The standard InChI is InChI=1S/C23H24N4O4/c1-30-12-10-25-22(28)18-14-20(26-19-5-3-2-4-17(18)19)21-15-27(11-13-31-21)23(29)16-6-8-24-9-7-16/h2-9,14,21H,10-13,15H2,1H3,(H,25,28)/t21-/m1/s1. The maximum atomic E-state index is 12.9. The summed E-state index contributed by atoms with van der Waals surface area (Å²) in [4.78, 5) is 36.1. The zero-order valence-corrected chi connectivity index (χ0v) is 17.3. The predicted octanol–water partition coefficient (Wildman–Crippen LogP) is 2.22. The number of benzene rings is 1. The van der Waals surface area contributed by atoms with Gasteiger partial charge in [0.15, 0.2) is 0 Å². The molecule has 0 radical (unpaired) electrons. The second-order valence-corrected chi connectivity index (χ2v) is 7.21. The minimum Gasteiger partial charge on any atom is -0.383 e. The number of pyridine rings is 2. The van der Waals surface area contributed by atoms with Crippen LogP contribution in [0.15, 0.2) is 54.9 Å². The van der Waals surface area contributed by atoms with Crippen molar-refractivity contribution in [1.82, 2.24) is 20.2 Å². The summed E-state index contributed by atoms with van der Waals surface area (Å²) in [6.07, 6.45) is 2.78. The molecule has 0 saturated carbocycles. The van der Waals surface area contributed by atoms with Crippen molar-refractivity contribution in [2.24, 2.45) is 0 Å². The highest BCUT2D eigenvalue weighted by molar-refractivity contribution is 6.06. The van der Waals surface area contributed by atoms with Crippen molar-refractivity contribution in [3.63, 3.8) is 0 Å². The molecule has 1 saturated heterocycles. The Morgan fingerprint density at radius 1 is 1.23 bits per heavy atom. The molecule has 4 rings (SSSR count). The molecule has 1 atom stereocenters. The highest BCUT2D eigenvalue weighted by Gasteiger charge is 2.28. The number of rotatable bonds is 6. The summed E-state index contributed by atoms with van der Waals surface area (Å²) in [5.74, 6) is -0.272. The molecule has 1 aliphatic rings. The molecule has 2 aromatic heterocycles. The van der Waals surface area contributed by atoms with Gasteiger partial charge in [0.2, 0.25) is 0 Å². The first-order chi connectivity index (χ1) is 15.2. The molecule has 0 unspecified atom stereocenters. The van der Waals surface area contributed by atoms with Crippen molar-refractivity contribution >= 4 is 22.7 Å². The maximum absolute atomic E-state index is 12.9. The van der Waals surface area contributed by atoms with Gasteiger partial charge in [-0.25, -0.2) is 4.98 Å². The van der Waals surface area contributed by atoms with Crippen molar-refractivity contribution in [2.45, 2.75) is 6.10 Å². The fraction of sp³-hybridized carbons (Fsp3) is 0.304. The Morgan fingerprint density at radius 3 is 2.84 bits per heavy atom. The van der Waals surface area contributed by atoms with E-state index in [0.717, 1.165) is 5.39 Å². The molecular formula is C23H24N4O4. The van der Waals surface area contributed by atoms with E-state index in [2.05, 4.69) is 10.3 Å². The second-order valence-electron chi connectivity index (χ2n) is 7.21. The van der Waals surface area contributed by atoms with Crippen LogP contribution in [0.3, 0.4) is 0 Å². The minimum absolute atomic E-state index is 0.0750. The zero-order chi connectivity index (χ0) is 21.6. The van der Waals surface area contributed by atoms with E-state index in [-0.39, 0.29) is 11.8 Å². The van der Waals surface area contributed by atoms with Gasteiger partial charge in [-0.05, 0) is 24.3 Å². The van der Waals surface area contributed by atoms with E-state index in [1.165, 1.54) is 0 Å². The van der Waals surface area contributed by atoms with E-state index in [9.17, 15) is 9.59 Å². The van der Waals surface area contributed by atoms with Gasteiger partial charge in [0.1, 0.15) is 6.10 Å². The molecule has 2 amide bonds. The highest BCUT2D eigenvalue weighted by Crippen LogP contribution is 2.26. The number of hydrogen-bond donors (Lipinski definition) is 1. The summed E-state index contributed by atoms with van der Waals surface area (Å²) >= 11 is 0. The molecule has 1 N–H and O–H groups in total. The molecule has 1 aromatic carbocycles. The molecule has 8 nitrogen and oxygen atoms in total. The molecule has 3 heterocycles. The van der Waals surface area contributed by atoms with Crippen LogP contribution < -0.4 is 5.32 Å². The van der Waals surface area contributed by atoms with E-state index >= 15 is 0 Å². The number of ether oxygens (including phenoxy) is 2. The Labute approximate surface area is 180 Å². The number of carbonyl (C=O) groups is 2. The number of aromatic nitrogens is 2. The third-order valence-electron chi connectivity index (χ3n) is 5.18. The first-order valence-corrected chi connectivity index (χ1v) is 10.1. The Hall–Kier alpha value is -3.36. The number of fused-ring (bicyclic) bond motifs is 1. The quantitative estimate of drug-likeness (QED) is 0.615. The lowest BCUT2D eigenvalue weighted by atomic mass is 10.0. The topological polar surface area (TPSA) is 93.7 Å². The van der Waals surface area contributed by atoms with Crippen LogP contribution in [0.25, 0.3) is 10.9 Å². The van der Waals surface area contributed by atoms with Crippen LogP contribution in [0.1, 0.15) is 32.5 Å². The summed E-state index contributed by atoms with van der Waals surface area (Å²) < 4.78 is 11.0. The number of morpholine rings is 1. The summed E-state index contributed by atoms with van der Waals surface area (Å²) in [6, 6.07) is 12.7. The van der Waals surface area contributed by atoms with Crippen LogP contribution in [0.4, 0.5) is 0 Å². The van der Waals surface area contributed by atoms with Crippen molar-refractivity contribution in [2.75, 3.05) is 40.0 Å². The summed E-state index contributed by atoms with van der Waals surface area (Å²) in [6.45, 7) is 2.09. The largest absolute Gasteiger partial charge is 0.383 e. The maximum Gasteiger partial charge on any atom is 0.254 e. The van der Waals surface area contributed by atoms with E-state index in [1.807, 2.05) is 24.3 Å². The van der Waals surface area contributed by atoms with E-state index in [0.29, 0.717) is 55.2 Å². The monoisotopic (exact) mass is 420 g/mol. The number of amides is 2. The van der Waals surface area contributed by atoms with Crippen LogP contribution in [0.2, 0.25) is 0 Å². The Kier molecular flexibility index (Phi) is 6.49. The van der Waals surface area contributed by atoms with Gasteiger partial charge in [0.25, 0.3) is 11.8 Å². The number of nitrogens with one attached hydrogen (secondary N) is 1. The van der Waals surface area contributed by atoms with Crippen LogP contribution >= 0.6 is 0 Å². The fourth-order valence-corrected chi connectivity index (χ4v) is 3.60. The smallest absolute Gasteiger partial charge is 0.254 e. The van der Waals surface area contributed by atoms with Gasteiger partial charge in [0.05, 0.1) is 36.5 Å². The fourth-order valence-electron chi connectivity index (χ4n) is 3.60. The average molecular weight is 420 g/mol. The molecule has 1 fully saturated rings. The molecule has 0 bridgehead atoms. The van der Waals surface area contributed by atoms with Crippen LogP contribution in [0.5, 0.6) is 0 Å². The van der Waals surface area contributed by atoms with Gasteiger partial charge < -0.3 is 19.7 Å². The van der Waals surface area contributed by atoms with Gasteiger partial charge in [0, 0.05) is 43.5 Å². The first kappa shape index (κ1) is 20.9. The normalized spacial score (nSPS) is 16.3. The molecule has 3 aromatic rings. The Morgan fingerprint density at radius 2 is 2.03 bits per heavy atom. The average Bonchev–Trinajstić information content (AvgIpc) is 2.83. The van der Waals surface area contributed by atoms with Gasteiger partial charge in [-0.1, -0.05) is 18.2 Å². The SMILES string of the molecule is COCCNC(=O)c1cc([C@H]2CN(C(=O)c3ccncc3)CCO2)nc2ccccc12. The van der Waals surface area contributed by atoms with Crippen LogP contribution in [0, 0.1) is 0 Å². The first-order valence-electron chi connectivity index (χ1n) is 10.1. The Balaban J connectivity index is 1.61. The molecule has 0 aliphatic carbocycles. The Bertz CT molecular complexity index is 1070. The summed E-state index contributed by atoms with van der Waals surface area (Å²) in [5, 5.41) is 3.63. The predicted molar refractivity (Wildman–Crippen MR) is 115 cm³/mol. The zero-order valence-electron chi connectivity index (χ0n) is 17.3. The van der Waals surface area contributed by atoms with Crippen molar-refractivity contribution in [3.05, 3.63) is 71.7 Å². The lowest BCUT2D eigenvalue weighted by Gasteiger charge is -2.33. The van der Waals surface area contributed by atoms with E-state index < -0.39 is 6.10 Å². The third kappa shape index (κ3) is 4.70. The molecular weight excluding hydrogens is 396 g/mol. The third-order valence-corrected chi connectivity index (χ3v) is 5.18. The van der Waals surface area contributed by atoms with Gasteiger partial charge in [-0.3, -0.25) is 14.6 Å². The minimum atomic E-state index is -0.422. The van der Waals surface area contributed by atoms with Crippen molar-refractivity contribution < 1.29 is 19.1 Å². The van der Waals surface area contributed by atoms with Crippen molar-refractivity contribution in [3.8, 4) is 0 Å². The number of nitrogens with zero attached hydrogens (tertiary/aromatic N) is 3. The lowest BCUT2D eigenvalue weighted by molar-refractivity contribution is -0.0246. The lowest BCUT2D eigenvalue weighted by Crippen LogP contribution is -2.42. The van der Waals surface area contributed by atoms with E-state index in [4.69, 9.17) is 14.5 Å². The molecule has 160 valence electrons. The van der Waals surface area contributed by atoms with Crippen LogP contribution in [-0.2, 0) is 9.47 Å². The van der Waals surface area contributed by atoms with Crippen molar-refractivity contribution in [1.29, 1.82) is 0 Å². The number of carbonyl (C=O) groups excluding carboxylic acids is 2. The number of para-hydroxylation sites is 1. The molecule has 8 heteroatoms. The van der Waals surface area contributed by atoms with Gasteiger partial charge in [-0.2, -0.15) is 0 Å². The highest BCUT2D eigenvalue weighted by atomic mass is 16.5. The molecule has 1 aliphatic heterocycles. The van der Waals surface area contributed by atoms with Gasteiger partial charge >= 0.3 is 0 Å².